The number of halogens is 1. The SMILES string of the molecule is COc1cc(C(=O)N(C)C2CCNC2)ccc1F. The number of hydrogen-bond donors (Lipinski definition) is 1. The molecule has 0 aromatic heterocycles. The highest BCUT2D eigenvalue weighted by Crippen LogP contribution is 2.20. The van der Waals surface area contributed by atoms with Crippen LogP contribution in [0.25, 0.3) is 0 Å². The normalized spacial score (nSPS) is 18.7. The summed E-state index contributed by atoms with van der Waals surface area (Å²) in [5, 5.41) is 3.21. The molecule has 1 aromatic rings. The van der Waals surface area contributed by atoms with Crippen LogP contribution in [0.1, 0.15) is 16.8 Å². The van der Waals surface area contributed by atoms with Crippen molar-refractivity contribution in [2.45, 2.75) is 12.5 Å². The lowest BCUT2D eigenvalue weighted by molar-refractivity contribution is 0.0743. The van der Waals surface area contributed by atoms with Gasteiger partial charge in [-0.1, -0.05) is 0 Å². The van der Waals surface area contributed by atoms with Crippen molar-refractivity contribution in [1.82, 2.24) is 10.2 Å². The molecule has 2 rings (SSSR count). The lowest BCUT2D eigenvalue weighted by Crippen LogP contribution is -2.38. The van der Waals surface area contributed by atoms with Crippen LogP contribution in [0.3, 0.4) is 0 Å². The van der Waals surface area contributed by atoms with Gasteiger partial charge in [0, 0.05) is 25.2 Å². The number of amides is 1. The fourth-order valence-electron chi connectivity index (χ4n) is 2.13. The smallest absolute Gasteiger partial charge is 0.254 e. The molecule has 0 spiro atoms. The van der Waals surface area contributed by atoms with E-state index in [0.717, 1.165) is 19.5 Å². The Morgan fingerprint density at radius 3 is 2.94 bits per heavy atom. The molecule has 18 heavy (non-hydrogen) atoms. The third-order valence-electron chi connectivity index (χ3n) is 3.30. The second-order valence-corrected chi connectivity index (χ2v) is 4.41. The summed E-state index contributed by atoms with van der Waals surface area (Å²) in [6.07, 6.45) is 0.945. The molecule has 0 aliphatic carbocycles. The minimum Gasteiger partial charge on any atom is -0.494 e. The fraction of sp³-hybridized carbons (Fsp3) is 0.462. The number of nitrogens with zero attached hydrogens (tertiary/aromatic N) is 1. The number of methoxy groups -OCH3 is 1. The Labute approximate surface area is 106 Å². The highest BCUT2D eigenvalue weighted by atomic mass is 19.1. The van der Waals surface area contributed by atoms with Gasteiger partial charge in [-0.15, -0.1) is 0 Å². The second kappa shape index (κ2) is 5.35. The molecule has 1 saturated heterocycles. The summed E-state index contributed by atoms with van der Waals surface area (Å²) in [5.74, 6) is -0.472. The molecular formula is C13H17FN2O2. The maximum absolute atomic E-state index is 13.3. The first kappa shape index (κ1) is 12.8. The lowest BCUT2D eigenvalue weighted by atomic mass is 10.1. The van der Waals surface area contributed by atoms with Gasteiger partial charge in [-0.3, -0.25) is 4.79 Å². The van der Waals surface area contributed by atoms with Crippen LogP contribution in [-0.2, 0) is 0 Å². The number of rotatable bonds is 3. The molecule has 1 unspecified atom stereocenters. The van der Waals surface area contributed by atoms with E-state index >= 15 is 0 Å². The van der Waals surface area contributed by atoms with Gasteiger partial charge in [0.1, 0.15) is 0 Å². The molecule has 1 N–H and O–H groups in total. The average molecular weight is 252 g/mol. The molecular weight excluding hydrogens is 235 g/mol. The molecule has 98 valence electrons. The molecule has 1 amide bonds. The quantitative estimate of drug-likeness (QED) is 0.880. The molecule has 0 radical (unpaired) electrons. The number of ether oxygens (including phenoxy) is 1. The third kappa shape index (κ3) is 2.46. The summed E-state index contributed by atoms with van der Waals surface area (Å²) in [5.41, 5.74) is 0.447. The van der Waals surface area contributed by atoms with Crippen molar-refractivity contribution < 1.29 is 13.9 Å². The molecule has 1 aliphatic heterocycles. The van der Waals surface area contributed by atoms with E-state index in [2.05, 4.69) is 5.32 Å². The van der Waals surface area contributed by atoms with E-state index in [1.807, 2.05) is 0 Å². The van der Waals surface area contributed by atoms with Gasteiger partial charge in [-0.25, -0.2) is 4.39 Å². The van der Waals surface area contributed by atoms with Crippen LogP contribution in [0.5, 0.6) is 5.75 Å². The molecule has 1 aromatic carbocycles. The van der Waals surface area contributed by atoms with Crippen molar-refractivity contribution in [2.24, 2.45) is 0 Å². The first-order chi connectivity index (χ1) is 8.63. The molecule has 0 bridgehead atoms. The van der Waals surface area contributed by atoms with Crippen molar-refractivity contribution in [3.8, 4) is 5.75 Å². The Bertz CT molecular complexity index is 445. The molecule has 1 aliphatic rings. The van der Waals surface area contributed by atoms with Crippen LogP contribution in [0.4, 0.5) is 4.39 Å². The Balaban J connectivity index is 2.17. The van der Waals surface area contributed by atoms with Gasteiger partial charge in [-0.2, -0.15) is 0 Å². The average Bonchev–Trinajstić information content (AvgIpc) is 2.91. The molecule has 0 saturated carbocycles. The van der Waals surface area contributed by atoms with Gasteiger partial charge in [0.05, 0.1) is 7.11 Å². The van der Waals surface area contributed by atoms with Crippen molar-refractivity contribution in [1.29, 1.82) is 0 Å². The summed E-state index contributed by atoms with van der Waals surface area (Å²) in [6.45, 7) is 1.73. The van der Waals surface area contributed by atoms with E-state index in [1.54, 1.807) is 11.9 Å². The minimum atomic E-state index is -0.459. The predicted octanol–water partition coefficient (Wildman–Crippen LogP) is 1.27. The van der Waals surface area contributed by atoms with Crippen LogP contribution in [0, 0.1) is 5.82 Å². The van der Waals surface area contributed by atoms with Crippen LogP contribution in [0.2, 0.25) is 0 Å². The van der Waals surface area contributed by atoms with Gasteiger partial charge in [0.25, 0.3) is 5.91 Å². The van der Waals surface area contributed by atoms with Crippen LogP contribution in [-0.4, -0.2) is 44.1 Å². The van der Waals surface area contributed by atoms with Gasteiger partial charge < -0.3 is 15.0 Å². The van der Waals surface area contributed by atoms with Crippen molar-refractivity contribution in [3.63, 3.8) is 0 Å². The highest BCUT2D eigenvalue weighted by Gasteiger charge is 2.24. The Morgan fingerprint density at radius 2 is 2.33 bits per heavy atom. The lowest BCUT2D eigenvalue weighted by Gasteiger charge is -2.24. The largest absolute Gasteiger partial charge is 0.494 e. The maximum Gasteiger partial charge on any atom is 0.254 e. The van der Waals surface area contributed by atoms with Crippen LogP contribution in [0.15, 0.2) is 18.2 Å². The number of carbonyl (C=O) groups is 1. The molecule has 1 heterocycles. The topological polar surface area (TPSA) is 41.6 Å². The Hall–Kier alpha value is -1.62. The van der Waals surface area contributed by atoms with E-state index < -0.39 is 5.82 Å². The number of benzene rings is 1. The summed E-state index contributed by atoms with van der Waals surface area (Å²) < 4.78 is 18.2. The number of carbonyl (C=O) groups excluding carboxylic acids is 1. The van der Waals surface area contributed by atoms with Crippen LogP contribution >= 0.6 is 0 Å². The first-order valence-electron chi connectivity index (χ1n) is 5.95. The maximum atomic E-state index is 13.3. The van der Waals surface area contributed by atoms with Gasteiger partial charge in [-0.05, 0) is 31.2 Å². The zero-order valence-electron chi connectivity index (χ0n) is 10.6. The van der Waals surface area contributed by atoms with Crippen molar-refractivity contribution >= 4 is 5.91 Å². The summed E-state index contributed by atoms with van der Waals surface area (Å²) in [7, 11) is 3.16. The summed E-state index contributed by atoms with van der Waals surface area (Å²) in [6, 6.07) is 4.39. The first-order valence-corrected chi connectivity index (χ1v) is 5.95. The molecule has 1 fully saturated rings. The van der Waals surface area contributed by atoms with E-state index in [1.165, 1.54) is 25.3 Å². The molecule has 5 heteroatoms. The van der Waals surface area contributed by atoms with Gasteiger partial charge in [0.2, 0.25) is 0 Å². The Morgan fingerprint density at radius 1 is 1.56 bits per heavy atom. The Kier molecular flexibility index (Phi) is 3.81. The number of hydrogen-bond acceptors (Lipinski definition) is 3. The monoisotopic (exact) mass is 252 g/mol. The second-order valence-electron chi connectivity index (χ2n) is 4.41. The van der Waals surface area contributed by atoms with Gasteiger partial charge >= 0.3 is 0 Å². The van der Waals surface area contributed by atoms with Crippen LogP contribution < -0.4 is 10.1 Å². The van der Waals surface area contributed by atoms with E-state index in [9.17, 15) is 9.18 Å². The zero-order chi connectivity index (χ0) is 13.1. The number of likely N-dealkylation sites (N-methyl/N-ethyl adjacent to an activating group) is 1. The van der Waals surface area contributed by atoms with Gasteiger partial charge in [0.15, 0.2) is 11.6 Å². The van der Waals surface area contributed by atoms with Crippen molar-refractivity contribution in [3.05, 3.63) is 29.6 Å². The van der Waals surface area contributed by atoms with E-state index in [4.69, 9.17) is 4.74 Å². The zero-order valence-corrected chi connectivity index (χ0v) is 10.6. The van der Waals surface area contributed by atoms with E-state index in [0.29, 0.717) is 5.56 Å². The minimum absolute atomic E-state index is 0.0961. The van der Waals surface area contributed by atoms with E-state index in [-0.39, 0.29) is 17.7 Å². The number of nitrogens with one attached hydrogen (secondary N) is 1. The molecule has 1 atom stereocenters. The molecule has 4 nitrogen and oxygen atoms in total. The predicted molar refractivity (Wildman–Crippen MR) is 66.3 cm³/mol. The highest BCUT2D eigenvalue weighted by molar-refractivity contribution is 5.94. The summed E-state index contributed by atoms with van der Waals surface area (Å²) in [4.78, 5) is 13.9. The fourth-order valence-corrected chi connectivity index (χ4v) is 2.13. The standard InChI is InChI=1S/C13H17FN2O2/c1-16(10-5-6-15-8-10)13(17)9-3-4-11(14)12(7-9)18-2/h3-4,7,10,15H,5-6,8H2,1-2H3. The summed E-state index contributed by atoms with van der Waals surface area (Å²) >= 11 is 0. The van der Waals surface area contributed by atoms with Crippen molar-refractivity contribution in [2.75, 3.05) is 27.2 Å². The third-order valence-corrected chi connectivity index (χ3v) is 3.30.